The number of carbonyl (C=O) groups excluding carboxylic acids is 3. The maximum Gasteiger partial charge on any atom is 0.326 e. The second-order valence-corrected chi connectivity index (χ2v) is 5.77. The van der Waals surface area contributed by atoms with Crippen LogP contribution in [0.25, 0.3) is 0 Å². The summed E-state index contributed by atoms with van der Waals surface area (Å²) in [7, 11) is 0. The average molecular weight is 348 g/mol. The molecule has 0 aliphatic carbocycles. The highest BCUT2D eigenvalue weighted by atomic mass is 16.4. The molecule has 0 saturated heterocycles. The summed E-state index contributed by atoms with van der Waals surface area (Å²) in [6, 6.07) is 7.04. The summed E-state index contributed by atoms with van der Waals surface area (Å²) in [5, 5.41) is 14.2. The van der Waals surface area contributed by atoms with Crippen molar-refractivity contribution in [3.05, 3.63) is 35.9 Å². The van der Waals surface area contributed by atoms with E-state index in [2.05, 4.69) is 10.6 Å². The van der Waals surface area contributed by atoms with E-state index in [1.165, 1.54) is 6.92 Å². The summed E-state index contributed by atoms with van der Waals surface area (Å²) in [5.74, 6) is -2.25. The Kier molecular flexibility index (Phi) is 8.32. The molecule has 0 saturated carbocycles. The molecule has 0 radical (unpaired) electrons. The molecule has 0 aromatic heterocycles. The van der Waals surface area contributed by atoms with E-state index in [0.717, 1.165) is 5.56 Å². The van der Waals surface area contributed by atoms with E-state index in [1.54, 1.807) is 6.92 Å². The number of Topliss-reactive ketones (excluding diaryl/α,β-unsaturated/α-hetero) is 1. The monoisotopic (exact) mass is 348 g/mol. The SMILES string of the molecule is CCC(=O)CC[C@@H](NC(=O)[C@@H](Cc1ccccc1)NC(C)=O)C(=O)O. The Labute approximate surface area is 146 Å². The first-order chi connectivity index (χ1) is 11.8. The predicted octanol–water partition coefficient (Wildman–Crippen LogP) is 1.06. The van der Waals surface area contributed by atoms with Gasteiger partial charge in [-0.15, -0.1) is 0 Å². The molecular weight excluding hydrogens is 324 g/mol. The molecule has 1 rings (SSSR count). The van der Waals surface area contributed by atoms with Gasteiger partial charge in [-0.2, -0.15) is 0 Å². The van der Waals surface area contributed by atoms with E-state index in [1.807, 2.05) is 30.3 Å². The number of carbonyl (C=O) groups is 4. The normalized spacial score (nSPS) is 12.7. The zero-order chi connectivity index (χ0) is 18.8. The van der Waals surface area contributed by atoms with Gasteiger partial charge in [-0.05, 0) is 12.0 Å². The summed E-state index contributed by atoms with van der Waals surface area (Å²) in [6.07, 6.45) is 0.665. The number of carboxylic acid groups (broad SMARTS) is 1. The van der Waals surface area contributed by atoms with Crippen molar-refractivity contribution in [1.29, 1.82) is 0 Å². The van der Waals surface area contributed by atoms with Crippen molar-refractivity contribution in [2.75, 3.05) is 0 Å². The van der Waals surface area contributed by atoms with Gasteiger partial charge in [0.05, 0.1) is 0 Å². The largest absolute Gasteiger partial charge is 0.480 e. The number of hydrogen-bond donors (Lipinski definition) is 3. The van der Waals surface area contributed by atoms with Crippen molar-refractivity contribution in [3.63, 3.8) is 0 Å². The molecule has 1 aromatic carbocycles. The van der Waals surface area contributed by atoms with Crippen molar-refractivity contribution < 1.29 is 24.3 Å². The predicted molar refractivity (Wildman–Crippen MR) is 91.8 cm³/mol. The Morgan fingerprint density at radius 2 is 1.68 bits per heavy atom. The number of nitrogens with one attached hydrogen (secondary N) is 2. The van der Waals surface area contributed by atoms with Crippen molar-refractivity contribution in [2.45, 2.75) is 51.6 Å². The van der Waals surface area contributed by atoms with Gasteiger partial charge in [0.25, 0.3) is 0 Å². The lowest BCUT2D eigenvalue weighted by molar-refractivity contribution is -0.142. The molecule has 3 N–H and O–H groups in total. The smallest absolute Gasteiger partial charge is 0.326 e. The first-order valence-corrected chi connectivity index (χ1v) is 8.19. The first kappa shape index (κ1) is 20.3. The number of rotatable bonds is 10. The third-order valence-corrected chi connectivity index (χ3v) is 3.70. The average Bonchev–Trinajstić information content (AvgIpc) is 2.57. The number of benzene rings is 1. The maximum absolute atomic E-state index is 12.4. The first-order valence-electron chi connectivity index (χ1n) is 8.19. The summed E-state index contributed by atoms with van der Waals surface area (Å²) < 4.78 is 0. The topological polar surface area (TPSA) is 113 Å². The van der Waals surface area contributed by atoms with Gasteiger partial charge < -0.3 is 15.7 Å². The van der Waals surface area contributed by atoms with Gasteiger partial charge in [0, 0.05) is 26.2 Å². The van der Waals surface area contributed by atoms with Crippen LogP contribution in [0.3, 0.4) is 0 Å². The van der Waals surface area contributed by atoms with E-state index in [9.17, 15) is 24.3 Å². The molecule has 2 amide bonds. The molecule has 0 fully saturated rings. The van der Waals surface area contributed by atoms with Crippen LogP contribution in [0.5, 0.6) is 0 Å². The van der Waals surface area contributed by atoms with E-state index >= 15 is 0 Å². The van der Waals surface area contributed by atoms with E-state index in [-0.39, 0.29) is 31.0 Å². The van der Waals surface area contributed by atoms with Gasteiger partial charge in [0.1, 0.15) is 17.9 Å². The third kappa shape index (κ3) is 7.60. The summed E-state index contributed by atoms with van der Waals surface area (Å²) in [4.78, 5) is 46.5. The molecule has 0 unspecified atom stereocenters. The van der Waals surface area contributed by atoms with Crippen LogP contribution in [-0.2, 0) is 25.6 Å². The molecule has 7 heteroatoms. The summed E-state index contributed by atoms with van der Waals surface area (Å²) >= 11 is 0. The fraction of sp³-hybridized carbons (Fsp3) is 0.444. The maximum atomic E-state index is 12.4. The van der Waals surface area contributed by atoms with Gasteiger partial charge in [-0.25, -0.2) is 4.79 Å². The number of carboxylic acids is 1. The number of amides is 2. The molecule has 1 aromatic rings. The summed E-state index contributed by atoms with van der Waals surface area (Å²) in [6.45, 7) is 2.99. The molecular formula is C18H24N2O5. The van der Waals surface area contributed by atoms with Crippen LogP contribution in [0, 0.1) is 0 Å². The highest BCUT2D eigenvalue weighted by molar-refractivity contribution is 5.90. The zero-order valence-corrected chi connectivity index (χ0v) is 14.5. The Balaban J connectivity index is 2.78. The van der Waals surface area contributed by atoms with Crippen molar-refractivity contribution in [1.82, 2.24) is 10.6 Å². The second kappa shape index (κ2) is 10.2. The minimum Gasteiger partial charge on any atom is -0.480 e. The van der Waals surface area contributed by atoms with Crippen LogP contribution in [0.15, 0.2) is 30.3 Å². The van der Waals surface area contributed by atoms with Crippen LogP contribution in [0.4, 0.5) is 0 Å². The van der Waals surface area contributed by atoms with Gasteiger partial charge in [0.15, 0.2) is 0 Å². The minimum atomic E-state index is -1.21. The highest BCUT2D eigenvalue weighted by Crippen LogP contribution is 2.06. The molecule has 136 valence electrons. The minimum absolute atomic E-state index is 0.0197. The number of hydrogen-bond acceptors (Lipinski definition) is 4. The second-order valence-electron chi connectivity index (χ2n) is 5.77. The van der Waals surface area contributed by atoms with Crippen LogP contribution < -0.4 is 10.6 Å². The highest BCUT2D eigenvalue weighted by Gasteiger charge is 2.26. The van der Waals surface area contributed by atoms with Gasteiger partial charge in [-0.1, -0.05) is 37.3 Å². The van der Waals surface area contributed by atoms with Gasteiger partial charge >= 0.3 is 5.97 Å². The number of aliphatic carboxylic acids is 1. The molecule has 0 aliphatic rings. The molecule has 0 heterocycles. The Morgan fingerprint density at radius 1 is 1.04 bits per heavy atom. The molecule has 2 atom stereocenters. The third-order valence-electron chi connectivity index (χ3n) is 3.70. The Hall–Kier alpha value is -2.70. The fourth-order valence-corrected chi connectivity index (χ4v) is 2.32. The Bertz CT molecular complexity index is 615. The summed E-state index contributed by atoms with van der Waals surface area (Å²) in [5.41, 5.74) is 0.837. The van der Waals surface area contributed by atoms with Crippen LogP contribution in [0.2, 0.25) is 0 Å². The standard InChI is InChI=1S/C18H24N2O5/c1-3-14(22)9-10-15(18(24)25)20-17(23)16(19-12(2)21)11-13-7-5-4-6-8-13/h4-8,15-16H,3,9-11H2,1-2H3,(H,19,21)(H,20,23)(H,24,25)/t15-,16-/m1/s1. The van der Waals surface area contributed by atoms with E-state index in [0.29, 0.717) is 6.42 Å². The van der Waals surface area contributed by atoms with E-state index < -0.39 is 24.0 Å². The van der Waals surface area contributed by atoms with E-state index in [4.69, 9.17) is 0 Å². The van der Waals surface area contributed by atoms with Gasteiger partial charge in [-0.3, -0.25) is 14.4 Å². The van der Waals surface area contributed by atoms with Crippen LogP contribution in [-0.4, -0.2) is 40.8 Å². The number of ketones is 1. The molecule has 0 spiro atoms. The molecule has 25 heavy (non-hydrogen) atoms. The quantitative estimate of drug-likeness (QED) is 0.585. The Morgan fingerprint density at radius 3 is 2.20 bits per heavy atom. The van der Waals surface area contributed by atoms with Crippen molar-refractivity contribution in [3.8, 4) is 0 Å². The van der Waals surface area contributed by atoms with Crippen molar-refractivity contribution in [2.24, 2.45) is 0 Å². The van der Waals surface area contributed by atoms with Gasteiger partial charge in [0.2, 0.25) is 11.8 Å². The fourth-order valence-electron chi connectivity index (χ4n) is 2.32. The zero-order valence-electron chi connectivity index (χ0n) is 14.5. The van der Waals surface area contributed by atoms with Crippen molar-refractivity contribution >= 4 is 23.6 Å². The molecule has 7 nitrogen and oxygen atoms in total. The lowest BCUT2D eigenvalue weighted by Gasteiger charge is -2.21. The van der Waals surface area contributed by atoms with Crippen LogP contribution in [0.1, 0.15) is 38.7 Å². The van der Waals surface area contributed by atoms with Crippen LogP contribution >= 0.6 is 0 Å². The molecule has 0 bridgehead atoms. The molecule has 0 aliphatic heterocycles. The lowest BCUT2D eigenvalue weighted by Crippen LogP contribution is -2.52. The lowest BCUT2D eigenvalue weighted by atomic mass is 10.0.